The van der Waals surface area contributed by atoms with Gasteiger partial charge >= 0.3 is 6.09 Å². The van der Waals surface area contributed by atoms with E-state index in [4.69, 9.17) is 9.66 Å². The molecule has 0 radical (unpaired) electrons. The first-order valence-corrected chi connectivity index (χ1v) is 7.97. The summed E-state index contributed by atoms with van der Waals surface area (Å²) >= 11 is 0. The highest BCUT2D eigenvalue weighted by molar-refractivity contribution is 7.85. The maximum Gasteiger partial charge on any atom is 0.404 e. The van der Waals surface area contributed by atoms with E-state index in [-0.39, 0.29) is 10.9 Å². The number of amides is 1. The Hall–Kier alpha value is -1.64. The van der Waals surface area contributed by atoms with E-state index in [9.17, 15) is 13.2 Å². The van der Waals surface area contributed by atoms with E-state index in [1.807, 2.05) is 6.92 Å². The van der Waals surface area contributed by atoms with Crippen LogP contribution in [0.25, 0.3) is 0 Å². The molecule has 118 valence electrons. The molecule has 8 heteroatoms. The second-order valence-electron chi connectivity index (χ2n) is 4.76. The third-order valence-electron chi connectivity index (χ3n) is 2.99. The maximum atomic E-state index is 10.5. The minimum atomic E-state index is -4.02. The van der Waals surface area contributed by atoms with E-state index in [0.29, 0.717) is 0 Å². The van der Waals surface area contributed by atoms with Crippen LogP contribution in [0.4, 0.5) is 4.79 Å². The van der Waals surface area contributed by atoms with Crippen molar-refractivity contribution in [1.29, 1.82) is 0 Å². The topological polar surface area (TPSA) is 116 Å². The summed E-state index contributed by atoms with van der Waals surface area (Å²) in [5.41, 5.74) is 0.956. The van der Waals surface area contributed by atoms with E-state index >= 15 is 0 Å². The van der Waals surface area contributed by atoms with Gasteiger partial charge in [-0.05, 0) is 45.0 Å². The van der Waals surface area contributed by atoms with Crippen LogP contribution in [0, 0.1) is 6.92 Å². The van der Waals surface area contributed by atoms with Gasteiger partial charge in [0.1, 0.15) is 0 Å². The molecule has 0 unspecified atom stereocenters. The minimum absolute atomic E-state index is 0.0666. The molecule has 0 aliphatic carbocycles. The van der Waals surface area contributed by atoms with Gasteiger partial charge in [-0.15, -0.1) is 0 Å². The van der Waals surface area contributed by atoms with Crippen molar-refractivity contribution >= 4 is 16.2 Å². The molecule has 1 aliphatic rings. The van der Waals surface area contributed by atoms with Crippen LogP contribution < -0.4 is 10.6 Å². The van der Waals surface area contributed by atoms with Crippen LogP contribution in [-0.4, -0.2) is 43.3 Å². The van der Waals surface area contributed by atoms with Crippen molar-refractivity contribution in [2.45, 2.75) is 30.7 Å². The Labute approximate surface area is 124 Å². The van der Waals surface area contributed by atoms with Gasteiger partial charge in [0.05, 0.1) is 4.90 Å². The first-order chi connectivity index (χ1) is 9.79. The van der Waals surface area contributed by atoms with Crippen molar-refractivity contribution < 1.29 is 22.9 Å². The fourth-order valence-corrected chi connectivity index (χ4v) is 2.33. The normalized spacial score (nSPS) is 15.7. The number of piperidine rings is 1. The molecule has 1 aromatic carbocycles. The molecule has 4 N–H and O–H groups in total. The molecule has 1 fully saturated rings. The molecule has 7 nitrogen and oxygen atoms in total. The van der Waals surface area contributed by atoms with E-state index in [1.54, 1.807) is 12.1 Å². The summed E-state index contributed by atoms with van der Waals surface area (Å²) in [4.78, 5) is 10.1. The molecule has 0 saturated carbocycles. The molecule has 1 aromatic rings. The number of benzene rings is 1. The second kappa shape index (κ2) is 7.96. The zero-order chi connectivity index (χ0) is 15.9. The highest BCUT2D eigenvalue weighted by Crippen LogP contribution is 2.08. The lowest BCUT2D eigenvalue weighted by atomic mass is 10.1. The van der Waals surface area contributed by atoms with Gasteiger partial charge in [0.2, 0.25) is 0 Å². The molecular formula is C13H20N2O5S. The number of nitrogens with one attached hydrogen (secondary N) is 2. The Morgan fingerprint density at radius 1 is 1.24 bits per heavy atom. The van der Waals surface area contributed by atoms with Gasteiger partial charge in [-0.25, -0.2) is 4.79 Å². The molecule has 0 bridgehead atoms. The number of carbonyl (C=O) groups is 1. The number of aryl methyl sites for hydroxylation is 1. The number of rotatable bonds is 2. The Morgan fingerprint density at radius 3 is 2.19 bits per heavy atom. The number of hydrogen-bond acceptors (Lipinski definition) is 4. The zero-order valence-corrected chi connectivity index (χ0v) is 12.6. The number of carboxylic acid groups (broad SMARTS) is 1. The second-order valence-corrected chi connectivity index (χ2v) is 6.18. The van der Waals surface area contributed by atoms with Crippen LogP contribution in [0.1, 0.15) is 18.4 Å². The quantitative estimate of drug-likeness (QED) is 0.610. The summed E-state index contributed by atoms with van der Waals surface area (Å²) in [6, 6.07) is 6.15. The van der Waals surface area contributed by atoms with Crippen LogP contribution in [0.15, 0.2) is 29.2 Å². The number of hydrogen-bond donors (Lipinski definition) is 4. The highest BCUT2D eigenvalue weighted by Gasteiger charge is 2.13. The smallest absolute Gasteiger partial charge is 0.404 e. The predicted octanol–water partition coefficient (Wildman–Crippen LogP) is 1.25. The van der Waals surface area contributed by atoms with Crippen LogP contribution in [0.3, 0.4) is 0 Å². The van der Waals surface area contributed by atoms with E-state index in [2.05, 4.69) is 10.6 Å². The standard InChI is InChI=1S/C7H8O3S.C6H12N2O2/c1-6-2-4-7(5-3-6)11(8,9)10;9-6(10)8-5-1-3-7-4-2-5/h2-5H,1H3,(H,8,9,10);5,7-8H,1-4H2,(H,9,10). The molecule has 1 aliphatic heterocycles. The van der Waals surface area contributed by atoms with E-state index in [0.717, 1.165) is 31.5 Å². The average Bonchev–Trinajstić information content (AvgIpc) is 2.39. The predicted molar refractivity (Wildman–Crippen MR) is 78.0 cm³/mol. The van der Waals surface area contributed by atoms with E-state index in [1.165, 1.54) is 12.1 Å². The van der Waals surface area contributed by atoms with Crippen LogP contribution in [-0.2, 0) is 10.1 Å². The third-order valence-corrected chi connectivity index (χ3v) is 3.85. The Balaban J connectivity index is 0.000000211. The summed E-state index contributed by atoms with van der Waals surface area (Å²) in [5, 5.41) is 13.9. The van der Waals surface area contributed by atoms with Crippen molar-refractivity contribution in [3.8, 4) is 0 Å². The van der Waals surface area contributed by atoms with Crippen molar-refractivity contribution in [1.82, 2.24) is 10.6 Å². The molecule has 1 amide bonds. The molecule has 0 spiro atoms. The SMILES string of the molecule is Cc1ccc(S(=O)(=O)O)cc1.O=C(O)NC1CCNCC1. The summed E-state index contributed by atoms with van der Waals surface area (Å²) < 4.78 is 29.6. The summed E-state index contributed by atoms with van der Waals surface area (Å²) in [6.45, 7) is 3.68. The van der Waals surface area contributed by atoms with Crippen molar-refractivity contribution in [3.63, 3.8) is 0 Å². The Morgan fingerprint density at radius 2 is 1.76 bits per heavy atom. The molecule has 0 aromatic heterocycles. The van der Waals surface area contributed by atoms with Gasteiger partial charge in [0, 0.05) is 6.04 Å². The van der Waals surface area contributed by atoms with Crippen LogP contribution >= 0.6 is 0 Å². The fraction of sp³-hybridized carbons (Fsp3) is 0.462. The molecule has 2 rings (SSSR count). The van der Waals surface area contributed by atoms with Crippen molar-refractivity contribution in [3.05, 3.63) is 29.8 Å². The van der Waals surface area contributed by atoms with Gasteiger partial charge in [-0.2, -0.15) is 8.42 Å². The van der Waals surface area contributed by atoms with Crippen molar-refractivity contribution in [2.75, 3.05) is 13.1 Å². The van der Waals surface area contributed by atoms with E-state index < -0.39 is 16.2 Å². The van der Waals surface area contributed by atoms with Gasteiger partial charge < -0.3 is 15.7 Å². The van der Waals surface area contributed by atoms with Gasteiger partial charge in [0.25, 0.3) is 10.1 Å². The summed E-state index contributed by atoms with van der Waals surface area (Å²) in [7, 11) is -4.02. The first kappa shape index (κ1) is 17.4. The molecule has 0 atom stereocenters. The van der Waals surface area contributed by atoms with Crippen LogP contribution in [0.2, 0.25) is 0 Å². The summed E-state index contributed by atoms with van der Waals surface area (Å²) in [6.07, 6.45) is 0.908. The van der Waals surface area contributed by atoms with Gasteiger partial charge in [0.15, 0.2) is 0 Å². The molecular weight excluding hydrogens is 296 g/mol. The molecule has 1 saturated heterocycles. The largest absolute Gasteiger partial charge is 0.465 e. The zero-order valence-electron chi connectivity index (χ0n) is 11.7. The first-order valence-electron chi connectivity index (χ1n) is 6.53. The molecule has 21 heavy (non-hydrogen) atoms. The Kier molecular flexibility index (Phi) is 6.60. The average molecular weight is 316 g/mol. The lowest BCUT2D eigenvalue weighted by Gasteiger charge is -2.21. The monoisotopic (exact) mass is 316 g/mol. The van der Waals surface area contributed by atoms with Crippen molar-refractivity contribution in [2.24, 2.45) is 0 Å². The third kappa shape index (κ3) is 7.07. The maximum absolute atomic E-state index is 10.5. The van der Waals surface area contributed by atoms with Gasteiger partial charge in [-0.1, -0.05) is 17.7 Å². The lowest BCUT2D eigenvalue weighted by molar-refractivity contribution is 0.186. The van der Waals surface area contributed by atoms with Gasteiger partial charge in [-0.3, -0.25) is 4.55 Å². The Bertz CT molecular complexity index is 550. The van der Waals surface area contributed by atoms with Crippen LogP contribution in [0.5, 0.6) is 0 Å². The molecule has 1 heterocycles. The highest BCUT2D eigenvalue weighted by atomic mass is 32.2. The summed E-state index contributed by atoms with van der Waals surface area (Å²) in [5.74, 6) is 0. The minimum Gasteiger partial charge on any atom is -0.465 e. The fourth-order valence-electron chi connectivity index (χ4n) is 1.85. The lowest BCUT2D eigenvalue weighted by Crippen LogP contribution is -2.42.